The van der Waals surface area contributed by atoms with Gasteiger partial charge < -0.3 is 4.79 Å². The summed E-state index contributed by atoms with van der Waals surface area (Å²) < 4.78 is 0. The molecule has 1 heterocycles. The van der Waals surface area contributed by atoms with Crippen LogP contribution in [-0.4, -0.2) is 6.29 Å². The van der Waals surface area contributed by atoms with Gasteiger partial charge in [-0.1, -0.05) is 33.7 Å². The van der Waals surface area contributed by atoms with Crippen LogP contribution in [0.15, 0.2) is 22.5 Å². The van der Waals surface area contributed by atoms with E-state index in [1.165, 1.54) is 0 Å². The number of carbonyl (C=O) groups excluding carboxylic acids is 1. The summed E-state index contributed by atoms with van der Waals surface area (Å²) in [5.74, 6) is 0. The van der Waals surface area contributed by atoms with Gasteiger partial charge in [0.1, 0.15) is 6.29 Å². The molecule has 0 fully saturated rings. The molecule has 1 aliphatic rings. The summed E-state index contributed by atoms with van der Waals surface area (Å²) >= 11 is 0. The molecule has 1 aliphatic heterocycles. The van der Waals surface area contributed by atoms with Gasteiger partial charge >= 0.3 is 0 Å². The van der Waals surface area contributed by atoms with Gasteiger partial charge in [0.05, 0.1) is 0 Å². The highest BCUT2D eigenvalue weighted by Crippen LogP contribution is 2.35. The molecule has 1 nitrogen and oxygen atoms in total. The molecule has 48 valence electrons. The van der Waals surface area contributed by atoms with Crippen molar-refractivity contribution in [3.05, 3.63) is 22.5 Å². The summed E-state index contributed by atoms with van der Waals surface area (Å²) in [6.07, 6.45) is 5.41. The summed E-state index contributed by atoms with van der Waals surface area (Å²) in [6, 6.07) is 0. The predicted molar refractivity (Wildman–Crippen MR) is 43.1 cm³/mol. The second kappa shape index (κ2) is 3.80. The van der Waals surface area contributed by atoms with Crippen LogP contribution in [-0.2, 0) is 4.79 Å². The van der Waals surface area contributed by atoms with Gasteiger partial charge in [-0.15, -0.1) is 0 Å². The van der Waals surface area contributed by atoms with E-state index in [1.54, 1.807) is 21.6 Å². The molecule has 1 rings (SSSR count). The number of aldehydes is 1. The van der Waals surface area contributed by atoms with Crippen molar-refractivity contribution in [1.29, 1.82) is 0 Å². The third-order valence-corrected chi connectivity index (χ3v) is 3.00. The molecule has 0 N–H and O–H groups in total. The van der Waals surface area contributed by atoms with Crippen LogP contribution in [0.25, 0.3) is 0 Å². The standard InChI is InChI=1S/C6H6OS2/c7-4-3-6-2-1-5-8-9-6/h1-2,4-5H,3H2. The zero-order valence-electron chi connectivity index (χ0n) is 4.74. The Morgan fingerprint density at radius 3 is 3.11 bits per heavy atom. The Morgan fingerprint density at radius 2 is 2.56 bits per heavy atom. The van der Waals surface area contributed by atoms with Crippen molar-refractivity contribution in [2.24, 2.45) is 0 Å². The molecule has 0 aromatic heterocycles. The van der Waals surface area contributed by atoms with E-state index in [2.05, 4.69) is 0 Å². The quantitative estimate of drug-likeness (QED) is 0.453. The molecular formula is C6H6OS2. The SMILES string of the molecule is O=CCC1=CC=CSS1. The average molecular weight is 158 g/mol. The molecule has 0 amide bonds. The summed E-state index contributed by atoms with van der Waals surface area (Å²) in [5.41, 5.74) is 0. The highest BCUT2D eigenvalue weighted by molar-refractivity contribution is 8.79. The molecule has 0 aromatic carbocycles. The van der Waals surface area contributed by atoms with Crippen LogP contribution in [0.5, 0.6) is 0 Å². The third-order valence-electron chi connectivity index (χ3n) is 0.856. The molecule has 0 unspecified atom stereocenters. The Balaban J connectivity index is 2.47. The van der Waals surface area contributed by atoms with E-state index in [9.17, 15) is 4.79 Å². The van der Waals surface area contributed by atoms with E-state index in [0.29, 0.717) is 6.42 Å². The van der Waals surface area contributed by atoms with Crippen LogP contribution >= 0.6 is 21.6 Å². The molecule has 0 aliphatic carbocycles. The van der Waals surface area contributed by atoms with Gasteiger partial charge in [0.15, 0.2) is 0 Å². The Morgan fingerprint density at radius 1 is 1.67 bits per heavy atom. The van der Waals surface area contributed by atoms with Crippen LogP contribution in [0.4, 0.5) is 0 Å². The third kappa shape index (κ3) is 2.28. The lowest BCUT2D eigenvalue weighted by atomic mass is 10.4. The zero-order chi connectivity index (χ0) is 6.53. The summed E-state index contributed by atoms with van der Waals surface area (Å²) in [7, 11) is 3.30. The lowest BCUT2D eigenvalue weighted by molar-refractivity contribution is -0.107. The predicted octanol–water partition coefficient (Wildman–Crippen LogP) is 2.37. The normalized spacial score (nSPS) is 17.1. The van der Waals surface area contributed by atoms with Gasteiger partial charge in [0.2, 0.25) is 0 Å². The zero-order valence-corrected chi connectivity index (χ0v) is 6.37. The van der Waals surface area contributed by atoms with Crippen LogP contribution in [0.3, 0.4) is 0 Å². The number of hydrogen-bond donors (Lipinski definition) is 0. The Kier molecular flexibility index (Phi) is 2.94. The number of rotatable bonds is 2. The van der Waals surface area contributed by atoms with Crippen molar-refractivity contribution in [2.75, 3.05) is 0 Å². The van der Waals surface area contributed by atoms with Crippen LogP contribution in [0, 0.1) is 0 Å². The summed E-state index contributed by atoms with van der Waals surface area (Å²) in [5, 5.41) is 2.00. The molecule has 0 atom stereocenters. The van der Waals surface area contributed by atoms with Crippen molar-refractivity contribution in [3.8, 4) is 0 Å². The number of hydrogen-bond acceptors (Lipinski definition) is 3. The minimum absolute atomic E-state index is 0.558. The first-order chi connectivity index (χ1) is 4.43. The largest absolute Gasteiger partial charge is 0.303 e. The van der Waals surface area contributed by atoms with Crippen molar-refractivity contribution < 1.29 is 4.79 Å². The highest BCUT2D eigenvalue weighted by Gasteiger charge is 1.97. The maximum absolute atomic E-state index is 9.99. The van der Waals surface area contributed by atoms with E-state index in [0.717, 1.165) is 11.2 Å². The Bertz CT molecular complexity index is 160. The van der Waals surface area contributed by atoms with E-state index >= 15 is 0 Å². The fourth-order valence-electron chi connectivity index (χ4n) is 0.480. The molecule has 0 bridgehead atoms. The first-order valence-electron chi connectivity index (χ1n) is 2.56. The fraction of sp³-hybridized carbons (Fsp3) is 0.167. The topological polar surface area (TPSA) is 17.1 Å². The second-order valence-corrected chi connectivity index (χ2v) is 3.74. The van der Waals surface area contributed by atoms with Gasteiger partial charge in [-0.2, -0.15) is 0 Å². The molecule has 3 heteroatoms. The maximum atomic E-state index is 9.99. The number of carbonyl (C=O) groups is 1. The van der Waals surface area contributed by atoms with Gasteiger partial charge in [0.25, 0.3) is 0 Å². The van der Waals surface area contributed by atoms with Gasteiger partial charge in [-0.05, 0) is 5.41 Å². The van der Waals surface area contributed by atoms with E-state index in [-0.39, 0.29) is 0 Å². The van der Waals surface area contributed by atoms with Crippen molar-refractivity contribution in [3.63, 3.8) is 0 Å². The molecule has 0 saturated carbocycles. The molecule has 0 saturated heterocycles. The van der Waals surface area contributed by atoms with E-state index in [4.69, 9.17) is 0 Å². The van der Waals surface area contributed by atoms with Crippen molar-refractivity contribution in [2.45, 2.75) is 6.42 Å². The maximum Gasteiger partial charge on any atom is 0.124 e. The van der Waals surface area contributed by atoms with E-state index in [1.807, 2.05) is 17.6 Å². The lowest BCUT2D eigenvalue weighted by Gasteiger charge is -2.01. The lowest BCUT2D eigenvalue weighted by Crippen LogP contribution is -1.77. The summed E-state index contributed by atoms with van der Waals surface area (Å²) in [6.45, 7) is 0. The molecular weight excluding hydrogens is 152 g/mol. The van der Waals surface area contributed by atoms with Crippen LogP contribution in [0.1, 0.15) is 6.42 Å². The van der Waals surface area contributed by atoms with Gasteiger partial charge in [-0.25, -0.2) is 0 Å². The smallest absolute Gasteiger partial charge is 0.124 e. The second-order valence-electron chi connectivity index (χ2n) is 1.51. The Hall–Kier alpha value is -0.150. The van der Waals surface area contributed by atoms with E-state index < -0.39 is 0 Å². The number of allylic oxidation sites excluding steroid dienone is 3. The average Bonchev–Trinajstić information content (AvgIpc) is 1.91. The fourth-order valence-corrected chi connectivity index (χ4v) is 2.17. The van der Waals surface area contributed by atoms with Gasteiger partial charge in [0, 0.05) is 11.3 Å². The van der Waals surface area contributed by atoms with Gasteiger partial charge in [-0.3, -0.25) is 0 Å². The first kappa shape index (κ1) is 6.96. The first-order valence-corrected chi connectivity index (χ1v) is 4.77. The van der Waals surface area contributed by atoms with Crippen LogP contribution < -0.4 is 0 Å². The molecule has 0 aromatic rings. The monoisotopic (exact) mass is 158 g/mol. The van der Waals surface area contributed by atoms with Crippen molar-refractivity contribution in [1.82, 2.24) is 0 Å². The summed E-state index contributed by atoms with van der Waals surface area (Å²) in [4.78, 5) is 11.1. The highest BCUT2D eigenvalue weighted by atomic mass is 33.1. The molecule has 9 heavy (non-hydrogen) atoms. The van der Waals surface area contributed by atoms with Crippen LogP contribution in [0.2, 0.25) is 0 Å². The molecule has 0 radical (unpaired) electrons. The Labute approximate surface area is 62.0 Å². The minimum Gasteiger partial charge on any atom is -0.303 e. The van der Waals surface area contributed by atoms with Crippen molar-refractivity contribution >= 4 is 27.9 Å². The molecule has 0 spiro atoms. The minimum atomic E-state index is 0.558.